The Labute approximate surface area is 121 Å². The van der Waals surface area contributed by atoms with Crippen molar-refractivity contribution in [1.82, 2.24) is 10.3 Å². The lowest BCUT2D eigenvalue weighted by Crippen LogP contribution is -2.22. The van der Waals surface area contributed by atoms with E-state index in [4.69, 9.17) is 0 Å². The van der Waals surface area contributed by atoms with Crippen molar-refractivity contribution in [2.75, 3.05) is 11.9 Å². The van der Waals surface area contributed by atoms with Crippen LogP contribution in [0.25, 0.3) is 0 Å². The Balaban J connectivity index is 2.09. The third kappa shape index (κ3) is 3.81. The van der Waals surface area contributed by atoms with E-state index in [0.29, 0.717) is 6.04 Å². The Hall–Kier alpha value is -1.87. The molecule has 0 fully saturated rings. The van der Waals surface area contributed by atoms with E-state index in [9.17, 15) is 0 Å². The molecule has 0 amide bonds. The molecule has 0 bridgehead atoms. The number of nitrogens with zero attached hydrogens (tertiary/aromatic N) is 2. The van der Waals surface area contributed by atoms with Gasteiger partial charge in [0.05, 0.1) is 0 Å². The summed E-state index contributed by atoms with van der Waals surface area (Å²) in [5.74, 6) is 0.962. The molecule has 1 N–H and O–H groups in total. The first-order valence-electron chi connectivity index (χ1n) is 7.05. The van der Waals surface area contributed by atoms with Crippen LogP contribution < -0.4 is 10.2 Å². The largest absolute Gasteiger partial charge is 0.329 e. The molecule has 2 rings (SSSR count). The number of rotatable bonds is 5. The molecular weight excluding hydrogens is 246 g/mol. The lowest BCUT2D eigenvalue weighted by Gasteiger charge is -2.19. The number of aryl methyl sites for hydroxylation is 1. The summed E-state index contributed by atoms with van der Waals surface area (Å²) in [7, 11) is 2.04. The van der Waals surface area contributed by atoms with E-state index in [0.717, 1.165) is 18.1 Å². The standard InChI is InChI=1S/C17H23N3/c1-13(2)18-11-15-8-9-17(19-12-15)20(4)16-7-5-6-14(3)10-16/h5-10,12-13,18H,11H2,1-4H3. The molecule has 3 heteroatoms. The van der Waals surface area contributed by atoms with E-state index in [2.05, 4.69) is 72.4 Å². The maximum Gasteiger partial charge on any atom is 0.132 e. The topological polar surface area (TPSA) is 28.2 Å². The van der Waals surface area contributed by atoms with Gasteiger partial charge in [-0.25, -0.2) is 4.98 Å². The zero-order chi connectivity index (χ0) is 14.5. The summed E-state index contributed by atoms with van der Waals surface area (Å²) >= 11 is 0. The van der Waals surface area contributed by atoms with Crippen molar-refractivity contribution < 1.29 is 0 Å². The molecule has 1 aromatic carbocycles. The molecule has 0 saturated heterocycles. The molecule has 0 spiro atoms. The van der Waals surface area contributed by atoms with Crippen molar-refractivity contribution >= 4 is 11.5 Å². The van der Waals surface area contributed by atoms with Crippen LogP contribution >= 0.6 is 0 Å². The highest BCUT2D eigenvalue weighted by molar-refractivity contribution is 5.59. The summed E-state index contributed by atoms with van der Waals surface area (Å²) in [6.45, 7) is 7.26. The Morgan fingerprint density at radius 2 is 2.00 bits per heavy atom. The summed E-state index contributed by atoms with van der Waals surface area (Å²) in [4.78, 5) is 6.65. The number of hydrogen-bond acceptors (Lipinski definition) is 3. The molecule has 3 nitrogen and oxygen atoms in total. The molecule has 20 heavy (non-hydrogen) atoms. The van der Waals surface area contributed by atoms with E-state index >= 15 is 0 Å². The summed E-state index contributed by atoms with van der Waals surface area (Å²) in [6.07, 6.45) is 1.94. The summed E-state index contributed by atoms with van der Waals surface area (Å²) < 4.78 is 0. The van der Waals surface area contributed by atoms with E-state index in [-0.39, 0.29) is 0 Å². The monoisotopic (exact) mass is 269 g/mol. The number of nitrogens with one attached hydrogen (secondary N) is 1. The summed E-state index contributed by atoms with van der Waals surface area (Å²) in [5.41, 5.74) is 3.62. The van der Waals surface area contributed by atoms with Crippen LogP contribution in [-0.4, -0.2) is 18.1 Å². The van der Waals surface area contributed by atoms with Crippen LogP contribution in [0.1, 0.15) is 25.0 Å². The van der Waals surface area contributed by atoms with Gasteiger partial charge in [0, 0.05) is 31.5 Å². The van der Waals surface area contributed by atoms with Gasteiger partial charge in [0.2, 0.25) is 0 Å². The van der Waals surface area contributed by atoms with Crippen LogP contribution in [0.3, 0.4) is 0 Å². The molecular formula is C17H23N3. The number of anilines is 2. The smallest absolute Gasteiger partial charge is 0.132 e. The van der Waals surface area contributed by atoms with E-state index in [1.165, 1.54) is 11.1 Å². The Morgan fingerprint density at radius 1 is 1.20 bits per heavy atom. The summed E-state index contributed by atoms with van der Waals surface area (Å²) in [6, 6.07) is 13.1. The van der Waals surface area contributed by atoms with Gasteiger partial charge in [-0.1, -0.05) is 32.0 Å². The molecule has 1 aromatic heterocycles. The number of aromatic nitrogens is 1. The molecule has 1 heterocycles. The third-order valence-electron chi connectivity index (χ3n) is 3.26. The maximum absolute atomic E-state index is 4.55. The van der Waals surface area contributed by atoms with Crippen molar-refractivity contribution in [2.45, 2.75) is 33.4 Å². The van der Waals surface area contributed by atoms with Gasteiger partial charge in [0.25, 0.3) is 0 Å². The lowest BCUT2D eigenvalue weighted by molar-refractivity contribution is 0.588. The highest BCUT2D eigenvalue weighted by Crippen LogP contribution is 2.22. The van der Waals surface area contributed by atoms with Crippen LogP contribution in [-0.2, 0) is 6.54 Å². The minimum atomic E-state index is 0.490. The molecule has 0 saturated carbocycles. The molecule has 0 unspecified atom stereocenters. The van der Waals surface area contributed by atoms with Gasteiger partial charge >= 0.3 is 0 Å². The fourth-order valence-corrected chi connectivity index (χ4v) is 2.01. The van der Waals surface area contributed by atoms with Gasteiger partial charge in [-0.2, -0.15) is 0 Å². The molecule has 0 aliphatic rings. The van der Waals surface area contributed by atoms with Crippen molar-refractivity contribution in [3.8, 4) is 0 Å². The predicted octanol–water partition coefficient (Wildman–Crippen LogP) is 3.66. The van der Waals surface area contributed by atoms with Crippen molar-refractivity contribution in [3.63, 3.8) is 0 Å². The van der Waals surface area contributed by atoms with Crippen molar-refractivity contribution in [3.05, 3.63) is 53.7 Å². The Bertz CT molecular complexity index is 546. The number of hydrogen-bond donors (Lipinski definition) is 1. The van der Waals surface area contributed by atoms with Crippen LogP contribution in [0.4, 0.5) is 11.5 Å². The van der Waals surface area contributed by atoms with Crippen LogP contribution in [0, 0.1) is 6.92 Å². The van der Waals surface area contributed by atoms with Crippen LogP contribution in [0.2, 0.25) is 0 Å². The zero-order valence-electron chi connectivity index (χ0n) is 12.7. The second-order valence-corrected chi connectivity index (χ2v) is 5.46. The average molecular weight is 269 g/mol. The van der Waals surface area contributed by atoms with E-state index < -0.39 is 0 Å². The third-order valence-corrected chi connectivity index (χ3v) is 3.26. The summed E-state index contributed by atoms with van der Waals surface area (Å²) in [5, 5.41) is 3.40. The highest BCUT2D eigenvalue weighted by Gasteiger charge is 2.05. The maximum atomic E-state index is 4.55. The molecule has 2 aromatic rings. The first-order chi connectivity index (χ1) is 9.56. The van der Waals surface area contributed by atoms with Crippen LogP contribution in [0.15, 0.2) is 42.6 Å². The predicted molar refractivity (Wildman–Crippen MR) is 85.5 cm³/mol. The van der Waals surface area contributed by atoms with Gasteiger partial charge in [-0.05, 0) is 36.2 Å². The second-order valence-electron chi connectivity index (χ2n) is 5.46. The number of pyridine rings is 1. The van der Waals surface area contributed by atoms with Gasteiger partial charge in [-0.15, -0.1) is 0 Å². The van der Waals surface area contributed by atoms with Gasteiger partial charge < -0.3 is 10.2 Å². The first-order valence-corrected chi connectivity index (χ1v) is 7.05. The molecule has 106 valence electrons. The Kier molecular flexibility index (Phi) is 4.74. The number of benzene rings is 1. The zero-order valence-corrected chi connectivity index (χ0v) is 12.7. The van der Waals surface area contributed by atoms with Crippen molar-refractivity contribution in [2.24, 2.45) is 0 Å². The van der Waals surface area contributed by atoms with Gasteiger partial charge in [0.15, 0.2) is 0 Å². The second kappa shape index (κ2) is 6.53. The average Bonchev–Trinajstić information content (AvgIpc) is 2.45. The lowest BCUT2D eigenvalue weighted by atomic mass is 10.2. The van der Waals surface area contributed by atoms with Gasteiger partial charge in [-0.3, -0.25) is 0 Å². The van der Waals surface area contributed by atoms with E-state index in [1.54, 1.807) is 0 Å². The minimum Gasteiger partial charge on any atom is -0.329 e. The van der Waals surface area contributed by atoms with Crippen LogP contribution in [0.5, 0.6) is 0 Å². The molecule has 0 radical (unpaired) electrons. The minimum absolute atomic E-state index is 0.490. The Morgan fingerprint density at radius 3 is 2.60 bits per heavy atom. The first kappa shape index (κ1) is 14.5. The fraction of sp³-hybridized carbons (Fsp3) is 0.353. The van der Waals surface area contributed by atoms with Crippen molar-refractivity contribution in [1.29, 1.82) is 0 Å². The molecule has 0 aliphatic heterocycles. The van der Waals surface area contributed by atoms with E-state index in [1.807, 2.05) is 13.2 Å². The highest BCUT2D eigenvalue weighted by atomic mass is 15.2. The quantitative estimate of drug-likeness (QED) is 0.898. The normalized spacial score (nSPS) is 10.8. The molecule has 0 atom stereocenters. The SMILES string of the molecule is Cc1cccc(N(C)c2ccc(CNC(C)C)cn2)c1. The fourth-order valence-electron chi connectivity index (χ4n) is 2.01. The van der Waals surface area contributed by atoms with Gasteiger partial charge in [0.1, 0.15) is 5.82 Å². The molecule has 0 aliphatic carbocycles.